The van der Waals surface area contributed by atoms with Crippen molar-refractivity contribution in [3.8, 4) is 0 Å². The summed E-state index contributed by atoms with van der Waals surface area (Å²) < 4.78 is 5.14. The maximum absolute atomic E-state index is 10.6. The number of ether oxygens (including phenoxy) is 1. The summed E-state index contributed by atoms with van der Waals surface area (Å²) >= 11 is 0. The molecular formula is C19H34O4. The van der Waals surface area contributed by atoms with Crippen LogP contribution in [0.25, 0.3) is 0 Å². The van der Waals surface area contributed by atoms with E-state index in [9.17, 15) is 9.59 Å². The van der Waals surface area contributed by atoms with E-state index in [1.54, 1.807) is 0 Å². The average Bonchev–Trinajstić information content (AvgIpc) is 2.52. The van der Waals surface area contributed by atoms with Crippen molar-refractivity contribution < 1.29 is 19.4 Å². The fourth-order valence-corrected chi connectivity index (χ4v) is 2.55. The number of aliphatic carboxylic acids is 1. The molecule has 0 saturated heterocycles. The average molecular weight is 326 g/mol. The van der Waals surface area contributed by atoms with Gasteiger partial charge in [0.2, 0.25) is 0 Å². The molecule has 0 bridgehead atoms. The van der Waals surface area contributed by atoms with Crippen molar-refractivity contribution in [1.29, 1.82) is 0 Å². The highest BCUT2D eigenvalue weighted by molar-refractivity contribution is 5.66. The van der Waals surface area contributed by atoms with Gasteiger partial charge in [-0.3, -0.25) is 9.59 Å². The van der Waals surface area contributed by atoms with Gasteiger partial charge in [-0.2, -0.15) is 0 Å². The molecule has 0 fully saturated rings. The lowest BCUT2D eigenvalue weighted by molar-refractivity contribution is -0.137. The molecule has 4 heteroatoms. The molecular weight excluding hydrogens is 292 g/mol. The first-order valence-electron chi connectivity index (χ1n) is 9.16. The smallest absolute Gasteiger partial charge is 0.303 e. The van der Waals surface area contributed by atoms with Gasteiger partial charge in [-0.05, 0) is 32.1 Å². The number of carbonyl (C=O) groups is 2. The van der Waals surface area contributed by atoms with Crippen molar-refractivity contribution in [3.05, 3.63) is 12.2 Å². The lowest BCUT2D eigenvalue weighted by Gasteiger charge is -2.12. The van der Waals surface area contributed by atoms with Gasteiger partial charge in [0, 0.05) is 12.8 Å². The third-order valence-corrected chi connectivity index (χ3v) is 3.95. The van der Waals surface area contributed by atoms with Crippen LogP contribution in [0.2, 0.25) is 0 Å². The molecule has 0 aliphatic carbocycles. The predicted octanol–water partition coefficient (Wildman–Crippen LogP) is 5.26. The van der Waals surface area contributed by atoms with Crippen LogP contribution in [0.4, 0.5) is 0 Å². The van der Waals surface area contributed by atoms with E-state index in [0.717, 1.165) is 57.8 Å². The van der Waals surface area contributed by atoms with Gasteiger partial charge in [0.05, 0.1) is 0 Å². The second-order valence-corrected chi connectivity index (χ2v) is 6.11. The van der Waals surface area contributed by atoms with Gasteiger partial charge >= 0.3 is 5.97 Å². The Morgan fingerprint density at radius 1 is 1.00 bits per heavy atom. The first-order chi connectivity index (χ1) is 11.2. The highest BCUT2D eigenvalue weighted by Gasteiger charge is 2.06. The minimum absolute atomic E-state index is 0.00179. The molecule has 23 heavy (non-hydrogen) atoms. The highest BCUT2D eigenvalue weighted by atomic mass is 16.5. The zero-order valence-corrected chi connectivity index (χ0v) is 14.7. The van der Waals surface area contributed by atoms with Gasteiger partial charge < -0.3 is 9.84 Å². The van der Waals surface area contributed by atoms with E-state index in [2.05, 4.69) is 19.1 Å². The minimum atomic E-state index is -0.707. The molecule has 1 unspecified atom stereocenters. The number of carbonyl (C=O) groups excluding carboxylic acids is 1. The van der Waals surface area contributed by atoms with Gasteiger partial charge in [0.15, 0.2) is 0 Å². The van der Waals surface area contributed by atoms with Crippen LogP contribution in [0.3, 0.4) is 0 Å². The van der Waals surface area contributed by atoms with Crippen molar-refractivity contribution in [1.82, 2.24) is 0 Å². The molecule has 134 valence electrons. The Bertz CT molecular complexity index is 312. The lowest BCUT2D eigenvalue weighted by Crippen LogP contribution is -2.10. The van der Waals surface area contributed by atoms with Gasteiger partial charge in [0.1, 0.15) is 6.10 Å². The van der Waals surface area contributed by atoms with Crippen LogP contribution in [0.1, 0.15) is 90.4 Å². The number of allylic oxidation sites excluding steroid dienone is 1. The Kier molecular flexibility index (Phi) is 16.1. The molecule has 1 atom stereocenters. The Morgan fingerprint density at radius 3 is 2.35 bits per heavy atom. The first-order valence-corrected chi connectivity index (χ1v) is 9.16. The van der Waals surface area contributed by atoms with E-state index in [-0.39, 0.29) is 12.5 Å². The van der Waals surface area contributed by atoms with Gasteiger partial charge in [-0.1, -0.05) is 57.6 Å². The molecule has 0 aromatic rings. The molecule has 0 rings (SSSR count). The molecule has 0 spiro atoms. The van der Waals surface area contributed by atoms with Gasteiger partial charge in [-0.15, -0.1) is 0 Å². The number of rotatable bonds is 17. The molecule has 4 nitrogen and oxygen atoms in total. The molecule has 0 aliphatic rings. The molecule has 0 heterocycles. The van der Waals surface area contributed by atoms with Crippen LogP contribution >= 0.6 is 0 Å². The standard InChI is InChI=1S/C19H34O4/c1-2-3-4-5-8-11-14-18(23-17-20)15-12-9-6-7-10-13-16-19(21)22/h8,11,17-18H,2-7,9-10,12-16H2,1H3,(H,21,22)/b11-8-. The Morgan fingerprint density at radius 2 is 1.70 bits per heavy atom. The third-order valence-electron chi connectivity index (χ3n) is 3.95. The molecule has 0 aliphatic heterocycles. The number of carboxylic acids is 1. The predicted molar refractivity (Wildman–Crippen MR) is 93.4 cm³/mol. The topological polar surface area (TPSA) is 63.6 Å². The van der Waals surface area contributed by atoms with Crippen LogP contribution < -0.4 is 0 Å². The first kappa shape index (κ1) is 21.7. The zero-order valence-electron chi connectivity index (χ0n) is 14.7. The van der Waals surface area contributed by atoms with E-state index in [1.165, 1.54) is 19.3 Å². The molecule has 0 saturated carbocycles. The number of carboxylic acid groups (broad SMARTS) is 1. The van der Waals surface area contributed by atoms with Gasteiger partial charge in [0.25, 0.3) is 6.47 Å². The normalized spacial score (nSPS) is 12.4. The summed E-state index contributed by atoms with van der Waals surface area (Å²) in [6.07, 6.45) is 17.3. The quantitative estimate of drug-likeness (QED) is 0.225. The Hall–Kier alpha value is -1.32. The Balaban J connectivity index is 3.59. The molecule has 0 amide bonds. The maximum atomic E-state index is 10.6. The van der Waals surface area contributed by atoms with E-state index in [0.29, 0.717) is 6.47 Å². The highest BCUT2D eigenvalue weighted by Crippen LogP contribution is 2.13. The summed E-state index contributed by atoms with van der Waals surface area (Å²) in [5.74, 6) is -0.707. The van der Waals surface area contributed by atoms with Crippen molar-refractivity contribution in [2.24, 2.45) is 0 Å². The fourth-order valence-electron chi connectivity index (χ4n) is 2.55. The van der Waals surface area contributed by atoms with Crippen molar-refractivity contribution >= 4 is 12.4 Å². The summed E-state index contributed by atoms with van der Waals surface area (Å²) in [4.78, 5) is 20.9. The van der Waals surface area contributed by atoms with E-state index in [4.69, 9.17) is 9.84 Å². The molecule has 1 N–H and O–H groups in total. The zero-order chi connectivity index (χ0) is 17.2. The molecule has 0 aromatic heterocycles. The van der Waals surface area contributed by atoms with Crippen molar-refractivity contribution in [3.63, 3.8) is 0 Å². The fraction of sp³-hybridized carbons (Fsp3) is 0.789. The lowest BCUT2D eigenvalue weighted by atomic mass is 10.0. The maximum Gasteiger partial charge on any atom is 0.303 e. The number of hydrogen-bond donors (Lipinski definition) is 1. The van der Waals surface area contributed by atoms with Crippen molar-refractivity contribution in [2.45, 2.75) is 96.5 Å². The summed E-state index contributed by atoms with van der Waals surface area (Å²) in [5.41, 5.74) is 0. The second-order valence-electron chi connectivity index (χ2n) is 6.11. The second kappa shape index (κ2) is 17.0. The SMILES string of the molecule is CCCCC/C=C\CC(CCCCCCCCC(=O)O)OC=O. The third kappa shape index (κ3) is 16.9. The molecule has 0 radical (unpaired) electrons. The summed E-state index contributed by atoms with van der Waals surface area (Å²) in [7, 11) is 0. The Labute approximate surface area is 141 Å². The van der Waals surface area contributed by atoms with Crippen LogP contribution in [-0.4, -0.2) is 23.7 Å². The van der Waals surface area contributed by atoms with E-state index >= 15 is 0 Å². The number of hydrogen-bond acceptors (Lipinski definition) is 3. The minimum Gasteiger partial charge on any atom is -0.481 e. The summed E-state index contributed by atoms with van der Waals surface area (Å²) in [6, 6.07) is 0. The van der Waals surface area contributed by atoms with Crippen LogP contribution in [0.15, 0.2) is 12.2 Å². The van der Waals surface area contributed by atoms with E-state index in [1.807, 2.05) is 0 Å². The van der Waals surface area contributed by atoms with Crippen LogP contribution in [0.5, 0.6) is 0 Å². The van der Waals surface area contributed by atoms with Crippen LogP contribution in [-0.2, 0) is 14.3 Å². The summed E-state index contributed by atoms with van der Waals surface area (Å²) in [5, 5.41) is 8.55. The van der Waals surface area contributed by atoms with Crippen LogP contribution in [0, 0.1) is 0 Å². The van der Waals surface area contributed by atoms with E-state index < -0.39 is 5.97 Å². The largest absolute Gasteiger partial charge is 0.481 e. The number of unbranched alkanes of at least 4 members (excludes halogenated alkanes) is 8. The summed E-state index contributed by atoms with van der Waals surface area (Å²) in [6.45, 7) is 2.76. The van der Waals surface area contributed by atoms with Crippen molar-refractivity contribution in [2.75, 3.05) is 0 Å². The molecule has 0 aromatic carbocycles. The monoisotopic (exact) mass is 326 g/mol. The van der Waals surface area contributed by atoms with Gasteiger partial charge in [-0.25, -0.2) is 0 Å².